The number of methoxy groups -OCH3 is 1. The van der Waals surface area contributed by atoms with Crippen molar-refractivity contribution in [3.63, 3.8) is 0 Å². The van der Waals surface area contributed by atoms with E-state index >= 15 is 0 Å². The van der Waals surface area contributed by atoms with Gasteiger partial charge in [-0.25, -0.2) is 0 Å². The van der Waals surface area contributed by atoms with Crippen LogP contribution in [0.1, 0.15) is 5.56 Å². The molecule has 1 rings (SSSR count). The lowest BCUT2D eigenvalue weighted by Gasteiger charge is -2.08. The van der Waals surface area contributed by atoms with Crippen LogP contribution in [0.4, 0.5) is 0 Å². The van der Waals surface area contributed by atoms with Crippen LogP contribution in [-0.4, -0.2) is 18.1 Å². The molecule has 3 heteroatoms. The molecule has 1 aromatic rings. The largest absolute Gasteiger partial charge is 0.496 e. The van der Waals surface area contributed by atoms with Gasteiger partial charge in [-0.3, -0.25) is 0 Å². The fraction of sp³-hybridized carbons (Fsp3) is 0.400. The summed E-state index contributed by atoms with van der Waals surface area (Å²) in [5, 5.41) is 3.34. The molecule has 2 nitrogen and oxygen atoms in total. The summed E-state index contributed by atoms with van der Waals surface area (Å²) in [5.74, 6) is 0.962. The van der Waals surface area contributed by atoms with Crippen LogP contribution in [0.25, 0.3) is 0 Å². The number of halogens is 1. The highest BCUT2D eigenvalue weighted by Crippen LogP contribution is 2.16. The molecule has 1 aromatic carbocycles. The standard InChI is InChI=1S/C10H14INO/c1-13-10-5-3-2-4-9(10)8-12-7-6-11/h2-5,12H,6-8H2,1H3. The Morgan fingerprint density at radius 2 is 2.15 bits per heavy atom. The third-order valence-electron chi connectivity index (χ3n) is 1.78. The second-order valence-corrected chi connectivity index (χ2v) is 3.76. The Morgan fingerprint density at radius 1 is 1.38 bits per heavy atom. The molecule has 0 aliphatic heterocycles. The minimum Gasteiger partial charge on any atom is -0.496 e. The molecule has 0 heterocycles. The zero-order chi connectivity index (χ0) is 9.52. The molecule has 0 fully saturated rings. The van der Waals surface area contributed by atoms with Crippen LogP contribution >= 0.6 is 22.6 Å². The van der Waals surface area contributed by atoms with Crippen molar-refractivity contribution < 1.29 is 4.74 Å². The molecule has 0 spiro atoms. The van der Waals surface area contributed by atoms with Crippen LogP contribution in [0.5, 0.6) is 5.75 Å². The number of rotatable bonds is 5. The van der Waals surface area contributed by atoms with E-state index in [0.29, 0.717) is 0 Å². The number of nitrogens with one attached hydrogen (secondary N) is 1. The summed E-state index contributed by atoms with van der Waals surface area (Å²) in [4.78, 5) is 0. The minimum absolute atomic E-state index is 0.882. The van der Waals surface area contributed by atoms with Gasteiger partial charge in [-0.15, -0.1) is 0 Å². The topological polar surface area (TPSA) is 21.3 Å². The number of hydrogen-bond acceptors (Lipinski definition) is 2. The summed E-state index contributed by atoms with van der Waals surface area (Å²) < 4.78 is 6.37. The van der Waals surface area contributed by atoms with Crippen molar-refractivity contribution in [3.8, 4) is 5.75 Å². The second-order valence-electron chi connectivity index (χ2n) is 2.68. The molecule has 72 valence electrons. The summed E-state index contributed by atoms with van der Waals surface area (Å²) >= 11 is 2.35. The molecule has 0 atom stereocenters. The van der Waals surface area contributed by atoms with Crippen LogP contribution in [0, 0.1) is 0 Å². The fourth-order valence-corrected chi connectivity index (χ4v) is 1.52. The van der Waals surface area contributed by atoms with E-state index in [2.05, 4.69) is 34.0 Å². The first-order valence-corrected chi connectivity index (χ1v) is 5.79. The lowest BCUT2D eigenvalue weighted by molar-refractivity contribution is 0.408. The molecule has 0 aliphatic rings. The summed E-state index contributed by atoms with van der Waals surface area (Å²) in [7, 11) is 1.71. The maximum atomic E-state index is 5.23. The van der Waals surface area contributed by atoms with Crippen molar-refractivity contribution in [1.29, 1.82) is 0 Å². The monoisotopic (exact) mass is 291 g/mol. The van der Waals surface area contributed by atoms with Gasteiger partial charge in [0.2, 0.25) is 0 Å². The maximum absolute atomic E-state index is 5.23. The first-order valence-electron chi connectivity index (χ1n) is 4.27. The molecular formula is C10H14INO. The van der Waals surface area contributed by atoms with Crippen LogP contribution in [0.2, 0.25) is 0 Å². The number of alkyl halides is 1. The number of ether oxygens (including phenoxy) is 1. The van der Waals surface area contributed by atoms with Crippen molar-refractivity contribution in [2.45, 2.75) is 6.54 Å². The van der Waals surface area contributed by atoms with Crippen molar-refractivity contribution in [2.75, 3.05) is 18.1 Å². The Bertz CT molecular complexity index is 252. The highest BCUT2D eigenvalue weighted by Gasteiger charge is 1.99. The molecule has 0 radical (unpaired) electrons. The van der Waals surface area contributed by atoms with Crippen LogP contribution in [0.15, 0.2) is 24.3 Å². The van der Waals surface area contributed by atoms with Crippen LogP contribution in [0.3, 0.4) is 0 Å². The van der Waals surface area contributed by atoms with E-state index in [1.165, 1.54) is 5.56 Å². The molecule has 0 aliphatic carbocycles. The van der Waals surface area contributed by atoms with Gasteiger partial charge in [0.05, 0.1) is 7.11 Å². The van der Waals surface area contributed by atoms with E-state index in [-0.39, 0.29) is 0 Å². The number of hydrogen-bond donors (Lipinski definition) is 1. The van der Waals surface area contributed by atoms with Gasteiger partial charge in [0.1, 0.15) is 5.75 Å². The third-order valence-corrected chi connectivity index (χ3v) is 2.32. The minimum atomic E-state index is 0.882. The van der Waals surface area contributed by atoms with Crippen LogP contribution in [-0.2, 0) is 6.54 Å². The lowest BCUT2D eigenvalue weighted by atomic mass is 10.2. The molecule has 0 saturated heterocycles. The highest BCUT2D eigenvalue weighted by molar-refractivity contribution is 14.1. The molecule has 0 bridgehead atoms. The summed E-state index contributed by atoms with van der Waals surface area (Å²) in [6, 6.07) is 8.09. The Balaban J connectivity index is 2.54. The Morgan fingerprint density at radius 3 is 2.85 bits per heavy atom. The summed E-state index contributed by atoms with van der Waals surface area (Å²) in [6.45, 7) is 1.92. The van der Waals surface area contributed by atoms with Crippen molar-refractivity contribution in [2.24, 2.45) is 0 Å². The predicted molar refractivity (Wildman–Crippen MR) is 63.6 cm³/mol. The van der Waals surface area contributed by atoms with Crippen molar-refractivity contribution in [3.05, 3.63) is 29.8 Å². The van der Waals surface area contributed by atoms with Gasteiger partial charge in [0, 0.05) is 23.1 Å². The number of benzene rings is 1. The molecule has 0 aromatic heterocycles. The van der Waals surface area contributed by atoms with Crippen LogP contribution < -0.4 is 10.1 Å². The zero-order valence-electron chi connectivity index (χ0n) is 7.72. The van der Waals surface area contributed by atoms with E-state index in [9.17, 15) is 0 Å². The van der Waals surface area contributed by atoms with Gasteiger partial charge in [0.25, 0.3) is 0 Å². The van der Waals surface area contributed by atoms with E-state index in [1.807, 2.05) is 18.2 Å². The normalized spacial score (nSPS) is 10.0. The zero-order valence-corrected chi connectivity index (χ0v) is 9.87. The van der Waals surface area contributed by atoms with Gasteiger partial charge >= 0.3 is 0 Å². The molecule has 0 amide bonds. The fourth-order valence-electron chi connectivity index (χ4n) is 1.14. The second kappa shape index (κ2) is 6.21. The Hall–Kier alpha value is -0.290. The summed E-state index contributed by atoms with van der Waals surface area (Å²) in [6.07, 6.45) is 0. The van der Waals surface area contributed by atoms with Crippen molar-refractivity contribution in [1.82, 2.24) is 5.32 Å². The number of para-hydroxylation sites is 1. The average molecular weight is 291 g/mol. The van der Waals surface area contributed by atoms with Crippen molar-refractivity contribution >= 4 is 22.6 Å². The molecule has 0 saturated carbocycles. The van der Waals surface area contributed by atoms with Gasteiger partial charge in [-0.2, -0.15) is 0 Å². The van der Waals surface area contributed by atoms with Gasteiger partial charge in [0.15, 0.2) is 0 Å². The average Bonchev–Trinajstić information content (AvgIpc) is 2.19. The molecule has 13 heavy (non-hydrogen) atoms. The molecular weight excluding hydrogens is 277 g/mol. The third kappa shape index (κ3) is 3.52. The SMILES string of the molecule is COc1ccccc1CNCCI. The summed E-state index contributed by atoms with van der Waals surface area (Å²) in [5.41, 5.74) is 1.22. The maximum Gasteiger partial charge on any atom is 0.123 e. The first kappa shape index (κ1) is 10.8. The van der Waals surface area contributed by atoms with Gasteiger partial charge in [-0.05, 0) is 6.07 Å². The Kier molecular flexibility index (Phi) is 5.15. The van der Waals surface area contributed by atoms with Gasteiger partial charge < -0.3 is 10.1 Å². The Labute approximate surface area is 92.8 Å². The molecule has 1 N–H and O–H groups in total. The predicted octanol–water partition coefficient (Wildman–Crippen LogP) is 2.22. The molecule has 0 unspecified atom stereocenters. The highest BCUT2D eigenvalue weighted by atomic mass is 127. The van der Waals surface area contributed by atoms with E-state index in [4.69, 9.17) is 4.74 Å². The first-order chi connectivity index (χ1) is 6.38. The van der Waals surface area contributed by atoms with E-state index in [1.54, 1.807) is 7.11 Å². The van der Waals surface area contributed by atoms with E-state index in [0.717, 1.165) is 23.3 Å². The lowest BCUT2D eigenvalue weighted by Crippen LogP contribution is -2.15. The van der Waals surface area contributed by atoms with E-state index < -0.39 is 0 Å². The smallest absolute Gasteiger partial charge is 0.123 e. The van der Waals surface area contributed by atoms with Gasteiger partial charge in [-0.1, -0.05) is 40.8 Å². The quantitative estimate of drug-likeness (QED) is 0.510.